The van der Waals surface area contributed by atoms with Crippen LogP contribution in [0.2, 0.25) is 0 Å². The van der Waals surface area contributed by atoms with E-state index in [1.165, 1.54) is 4.90 Å². The summed E-state index contributed by atoms with van der Waals surface area (Å²) in [5.41, 5.74) is -0.653. The topological polar surface area (TPSA) is 93.3 Å². The molecule has 0 radical (unpaired) electrons. The van der Waals surface area contributed by atoms with E-state index >= 15 is 0 Å². The van der Waals surface area contributed by atoms with E-state index in [1.54, 1.807) is 17.0 Å². The van der Waals surface area contributed by atoms with E-state index in [4.69, 9.17) is 0 Å². The molecule has 1 N–H and O–H groups in total. The Kier molecular flexibility index (Phi) is 4.26. The molecule has 1 saturated heterocycles. The first-order valence-electron chi connectivity index (χ1n) is 7.42. The molecular formula is C15H16FN5O3. The van der Waals surface area contributed by atoms with E-state index in [0.29, 0.717) is 25.5 Å². The Morgan fingerprint density at radius 3 is 2.96 bits per heavy atom. The third-order valence-electron chi connectivity index (χ3n) is 4.05. The fraction of sp³-hybridized carbons (Fsp3) is 0.333. The monoisotopic (exact) mass is 333 g/mol. The summed E-state index contributed by atoms with van der Waals surface area (Å²) in [5, 5.41) is 14.3. The minimum Gasteiger partial charge on any atom is -0.336 e. The van der Waals surface area contributed by atoms with Crippen molar-refractivity contribution in [2.45, 2.75) is 6.04 Å². The fourth-order valence-electron chi connectivity index (χ4n) is 2.87. The Balaban J connectivity index is 2.00. The van der Waals surface area contributed by atoms with E-state index in [9.17, 15) is 19.3 Å². The summed E-state index contributed by atoms with van der Waals surface area (Å²) in [6, 6.07) is 2.52. The van der Waals surface area contributed by atoms with Gasteiger partial charge in [0.2, 0.25) is 0 Å². The van der Waals surface area contributed by atoms with E-state index in [-0.39, 0.29) is 11.6 Å². The second-order valence-electron chi connectivity index (χ2n) is 5.53. The standard InChI is InChI=1S/C15H16FN5O3/c1-19-6-5-18-14(19)13-9-17-4-7-20(13)15(22)11-8-10(16)2-3-12(11)21(23)24/h2-3,5-6,8,13,17H,4,7,9H2,1H3. The van der Waals surface area contributed by atoms with E-state index in [2.05, 4.69) is 10.3 Å². The third kappa shape index (κ3) is 2.85. The van der Waals surface area contributed by atoms with Gasteiger partial charge in [-0.1, -0.05) is 0 Å². The highest BCUT2D eigenvalue weighted by Crippen LogP contribution is 2.27. The molecular weight excluding hydrogens is 317 g/mol. The van der Waals surface area contributed by atoms with Gasteiger partial charge in [-0.25, -0.2) is 9.37 Å². The Labute approximate surface area is 137 Å². The number of carbonyl (C=O) groups is 1. The SMILES string of the molecule is Cn1ccnc1C1CNCCN1C(=O)c1cc(F)ccc1[N+](=O)[O-]. The summed E-state index contributed by atoms with van der Waals surface area (Å²) < 4.78 is 15.3. The molecule has 0 aliphatic carbocycles. The van der Waals surface area contributed by atoms with E-state index in [0.717, 1.165) is 18.2 Å². The van der Waals surface area contributed by atoms with Gasteiger partial charge in [-0.15, -0.1) is 0 Å². The molecule has 1 aromatic carbocycles. The minimum absolute atomic E-state index is 0.249. The highest BCUT2D eigenvalue weighted by Gasteiger charge is 2.34. The lowest BCUT2D eigenvalue weighted by atomic mass is 10.1. The maximum atomic E-state index is 13.6. The number of imidazole rings is 1. The zero-order valence-corrected chi connectivity index (χ0v) is 13.0. The van der Waals surface area contributed by atoms with Crippen molar-refractivity contribution in [3.63, 3.8) is 0 Å². The van der Waals surface area contributed by atoms with Crippen LogP contribution in [0, 0.1) is 15.9 Å². The predicted molar refractivity (Wildman–Crippen MR) is 82.9 cm³/mol. The van der Waals surface area contributed by atoms with Gasteiger partial charge in [-0.3, -0.25) is 14.9 Å². The van der Waals surface area contributed by atoms with Gasteiger partial charge in [0, 0.05) is 45.1 Å². The quantitative estimate of drug-likeness (QED) is 0.674. The Bertz CT molecular complexity index is 791. The molecule has 0 spiro atoms. The molecule has 2 aromatic rings. The van der Waals surface area contributed by atoms with Crippen LogP contribution in [0.3, 0.4) is 0 Å². The average molecular weight is 333 g/mol. The molecule has 9 heteroatoms. The number of aromatic nitrogens is 2. The van der Waals surface area contributed by atoms with Crippen LogP contribution >= 0.6 is 0 Å². The number of nitro groups is 1. The van der Waals surface area contributed by atoms with Crippen LogP contribution in [-0.4, -0.2) is 44.9 Å². The lowest BCUT2D eigenvalue weighted by Gasteiger charge is -2.35. The van der Waals surface area contributed by atoms with Gasteiger partial charge in [-0.2, -0.15) is 0 Å². The van der Waals surface area contributed by atoms with Gasteiger partial charge in [0.05, 0.1) is 4.92 Å². The number of carbonyl (C=O) groups excluding carboxylic acids is 1. The molecule has 1 atom stereocenters. The first-order chi connectivity index (χ1) is 11.5. The predicted octanol–water partition coefficient (Wildman–Crippen LogP) is 1.25. The zero-order valence-electron chi connectivity index (χ0n) is 13.0. The lowest BCUT2D eigenvalue weighted by Crippen LogP contribution is -2.49. The summed E-state index contributed by atoms with van der Waals surface area (Å²) in [6.07, 6.45) is 3.38. The largest absolute Gasteiger partial charge is 0.336 e. The zero-order chi connectivity index (χ0) is 17.3. The number of nitrogens with one attached hydrogen (secondary N) is 1. The molecule has 126 valence electrons. The maximum absolute atomic E-state index is 13.6. The molecule has 1 aromatic heterocycles. The molecule has 3 rings (SSSR count). The number of halogens is 1. The average Bonchev–Trinajstić information content (AvgIpc) is 2.99. The maximum Gasteiger partial charge on any atom is 0.282 e. The van der Waals surface area contributed by atoms with Crippen molar-refractivity contribution in [2.24, 2.45) is 7.05 Å². The van der Waals surface area contributed by atoms with Crippen molar-refractivity contribution < 1.29 is 14.1 Å². The number of hydrogen-bond donors (Lipinski definition) is 1. The van der Waals surface area contributed by atoms with E-state index < -0.39 is 22.3 Å². The van der Waals surface area contributed by atoms with Crippen molar-refractivity contribution in [3.05, 3.63) is 57.9 Å². The molecule has 1 aliphatic heterocycles. The molecule has 1 aliphatic rings. The Hall–Kier alpha value is -2.81. The normalized spacial score (nSPS) is 17.8. The van der Waals surface area contributed by atoms with E-state index in [1.807, 2.05) is 7.05 Å². The smallest absolute Gasteiger partial charge is 0.282 e. The van der Waals surface area contributed by atoms with Crippen LogP contribution in [0.5, 0.6) is 0 Å². The number of nitro benzene ring substituents is 1. The number of nitrogens with zero attached hydrogens (tertiary/aromatic N) is 4. The number of benzene rings is 1. The fourth-order valence-corrected chi connectivity index (χ4v) is 2.87. The van der Waals surface area contributed by atoms with Crippen LogP contribution in [0.25, 0.3) is 0 Å². The Morgan fingerprint density at radius 1 is 1.50 bits per heavy atom. The third-order valence-corrected chi connectivity index (χ3v) is 4.05. The number of amides is 1. The van der Waals surface area contributed by atoms with Gasteiger partial charge in [-0.05, 0) is 12.1 Å². The number of piperazine rings is 1. The minimum atomic E-state index is -0.687. The summed E-state index contributed by atoms with van der Waals surface area (Å²) in [5.74, 6) is -0.599. The van der Waals surface area contributed by atoms with Crippen molar-refractivity contribution in [1.29, 1.82) is 0 Å². The molecule has 0 bridgehead atoms. The van der Waals surface area contributed by atoms with Crippen LogP contribution in [-0.2, 0) is 7.05 Å². The van der Waals surface area contributed by atoms with Gasteiger partial charge in [0.25, 0.3) is 11.6 Å². The summed E-state index contributed by atoms with van der Waals surface area (Å²) >= 11 is 0. The van der Waals surface area contributed by atoms with Crippen LogP contribution in [0.15, 0.2) is 30.6 Å². The Morgan fingerprint density at radius 2 is 2.29 bits per heavy atom. The second-order valence-corrected chi connectivity index (χ2v) is 5.53. The second kappa shape index (κ2) is 6.36. The number of hydrogen-bond acceptors (Lipinski definition) is 5. The molecule has 8 nitrogen and oxygen atoms in total. The van der Waals surface area contributed by atoms with Crippen LogP contribution < -0.4 is 5.32 Å². The molecule has 1 unspecified atom stereocenters. The summed E-state index contributed by atoms with van der Waals surface area (Å²) in [6.45, 7) is 1.37. The van der Waals surface area contributed by atoms with Crippen LogP contribution in [0.4, 0.5) is 10.1 Å². The van der Waals surface area contributed by atoms with Crippen LogP contribution in [0.1, 0.15) is 22.2 Å². The molecule has 0 saturated carbocycles. The summed E-state index contributed by atoms with van der Waals surface area (Å²) in [4.78, 5) is 29.1. The van der Waals surface area contributed by atoms with Gasteiger partial charge >= 0.3 is 0 Å². The van der Waals surface area contributed by atoms with Crippen molar-refractivity contribution in [2.75, 3.05) is 19.6 Å². The first kappa shape index (κ1) is 16.1. The van der Waals surface area contributed by atoms with Gasteiger partial charge in [0.15, 0.2) is 0 Å². The van der Waals surface area contributed by atoms with Crippen molar-refractivity contribution in [3.8, 4) is 0 Å². The van der Waals surface area contributed by atoms with Gasteiger partial charge < -0.3 is 14.8 Å². The molecule has 1 amide bonds. The first-order valence-corrected chi connectivity index (χ1v) is 7.42. The number of rotatable bonds is 3. The highest BCUT2D eigenvalue weighted by atomic mass is 19.1. The molecule has 2 heterocycles. The molecule has 1 fully saturated rings. The molecule has 24 heavy (non-hydrogen) atoms. The summed E-state index contributed by atoms with van der Waals surface area (Å²) in [7, 11) is 1.81. The highest BCUT2D eigenvalue weighted by molar-refractivity contribution is 5.98. The van der Waals surface area contributed by atoms with Crippen molar-refractivity contribution in [1.82, 2.24) is 19.8 Å². The van der Waals surface area contributed by atoms with Crippen molar-refractivity contribution >= 4 is 11.6 Å². The lowest BCUT2D eigenvalue weighted by molar-refractivity contribution is -0.385. The van der Waals surface area contributed by atoms with Gasteiger partial charge in [0.1, 0.15) is 23.2 Å². The number of aryl methyl sites for hydroxylation is 1.